The maximum absolute atomic E-state index is 9.01. The van der Waals surface area contributed by atoms with E-state index in [2.05, 4.69) is 9.97 Å². The van der Waals surface area contributed by atoms with E-state index < -0.39 is 0 Å². The van der Waals surface area contributed by atoms with Crippen molar-refractivity contribution in [3.8, 4) is 23.7 Å². The highest BCUT2D eigenvalue weighted by atomic mass is 35.5. The van der Waals surface area contributed by atoms with Gasteiger partial charge in [-0.05, 0) is 18.2 Å². The second-order valence-electron chi connectivity index (χ2n) is 3.48. The fourth-order valence-corrected chi connectivity index (χ4v) is 1.46. The van der Waals surface area contributed by atoms with Gasteiger partial charge in [-0.1, -0.05) is 11.6 Å². The molecule has 0 radical (unpaired) electrons. The zero-order valence-corrected chi connectivity index (χ0v) is 10.7. The zero-order valence-electron chi connectivity index (χ0n) is 9.92. The highest BCUT2D eigenvalue weighted by molar-refractivity contribution is 6.31. The van der Waals surface area contributed by atoms with Crippen molar-refractivity contribution in [2.75, 3.05) is 12.8 Å². The molecule has 0 aliphatic carbocycles. The van der Waals surface area contributed by atoms with Gasteiger partial charge in [0, 0.05) is 5.69 Å². The van der Waals surface area contributed by atoms with Gasteiger partial charge >= 0.3 is 6.01 Å². The summed E-state index contributed by atoms with van der Waals surface area (Å²) < 4.78 is 10.4. The van der Waals surface area contributed by atoms with Crippen LogP contribution in [0.4, 0.5) is 5.69 Å². The minimum atomic E-state index is 0.106. The molecule has 0 fully saturated rings. The Balaban J connectivity index is 2.39. The van der Waals surface area contributed by atoms with Crippen LogP contribution in [0.25, 0.3) is 0 Å². The lowest BCUT2D eigenvalue weighted by Crippen LogP contribution is -1.97. The number of hydrogen-bond donors (Lipinski definition) is 1. The third kappa shape index (κ3) is 2.84. The summed E-state index contributed by atoms with van der Waals surface area (Å²) in [7, 11) is 1.43. The Kier molecular flexibility index (Phi) is 3.68. The number of nitrogens with zero attached hydrogens (tertiary/aromatic N) is 3. The number of anilines is 1. The van der Waals surface area contributed by atoms with E-state index in [0.29, 0.717) is 11.4 Å². The molecule has 1 aromatic carbocycles. The van der Waals surface area contributed by atoms with E-state index in [0.717, 1.165) is 0 Å². The van der Waals surface area contributed by atoms with Crippen molar-refractivity contribution in [1.82, 2.24) is 9.97 Å². The summed E-state index contributed by atoms with van der Waals surface area (Å²) in [5, 5.41) is 9.22. The monoisotopic (exact) mass is 276 g/mol. The van der Waals surface area contributed by atoms with Gasteiger partial charge in [0.05, 0.1) is 18.9 Å². The minimum absolute atomic E-state index is 0.106. The van der Waals surface area contributed by atoms with Crippen LogP contribution >= 0.6 is 11.6 Å². The smallest absolute Gasteiger partial charge is 0.319 e. The predicted molar refractivity (Wildman–Crippen MR) is 69.2 cm³/mol. The number of nitriles is 1. The van der Waals surface area contributed by atoms with Gasteiger partial charge in [-0.15, -0.1) is 0 Å². The third-order valence-electron chi connectivity index (χ3n) is 2.20. The van der Waals surface area contributed by atoms with Crippen LogP contribution in [0.1, 0.15) is 5.56 Å². The molecule has 0 aliphatic heterocycles. The Morgan fingerprint density at radius 3 is 2.89 bits per heavy atom. The second kappa shape index (κ2) is 5.42. The van der Waals surface area contributed by atoms with Crippen LogP contribution in [0.15, 0.2) is 24.4 Å². The average Bonchev–Trinajstić information content (AvgIpc) is 2.43. The van der Waals surface area contributed by atoms with Crippen molar-refractivity contribution in [3.05, 3.63) is 35.0 Å². The standard InChI is InChI=1S/C12H9ClN4O2/c1-18-12-16-6-9(13)11(17-12)19-10-3-2-8(15)4-7(10)5-14/h2-4,6H,15H2,1H3. The van der Waals surface area contributed by atoms with Crippen molar-refractivity contribution in [1.29, 1.82) is 5.26 Å². The van der Waals surface area contributed by atoms with Gasteiger partial charge in [0.25, 0.3) is 0 Å². The molecule has 0 bridgehead atoms. The summed E-state index contributed by atoms with van der Waals surface area (Å²) in [6.45, 7) is 0. The molecule has 0 amide bonds. The van der Waals surface area contributed by atoms with Crippen molar-refractivity contribution in [2.24, 2.45) is 0 Å². The number of hydrogen-bond acceptors (Lipinski definition) is 6. The lowest BCUT2D eigenvalue weighted by Gasteiger charge is -2.08. The van der Waals surface area contributed by atoms with Gasteiger partial charge in [0.15, 0.2) is 0 Å². The SMILES string of the molecule is COc1ncc(Cl)c(Oc2ccc(N)cc2C#N)n1. The second-order valence-corrected chi connectivity index (χ2v) is 3.89. The molecule has 0 unspecified atom stereocenters. The highest BCUT2D eigenvalue weighted by Crippen LogP contribution is 2.30. The molecule has 0 spiro atoms. The van der Waals surface area contributed by atoms with E-state index >= 15 is 0 Å². The minimum Gasteiger partial charge on any atom is -0.467 e. The van der Waals surface area contributed by atoms with E-state index in [4.69, 9.17) is 32.1 Å². The molecule has 2 aromatic rings. The molecular weight excluding hydrogens is 268 g/mol. The van der Waals surface area contributed by atoms with Gasteiger partial charge in [0.1, 0.15) is 16.8 Å². The Morgan fingerprint density at radius 1 is 1.42 bits per heavy atom. The summed E-state index contributed by atoms with van der Waals surface area (Å²) >= 11 is 5.92. The van der Waals surface area contributed by atoms with E-state index in [-0.39, 0.29) is 22.5 Å². The third-order valence-corrected chi connectivity index (χ3v) is 2.46. The van der Waals surface area contributed by atoms with Gasteiger partial charge in [-0.3, -0.25) is 0 Å². The molecule has 1 aromatic heterocycles. The fourth-order valence-electron chi connectivity index (χ4n) is 1.33. The number of rotatable bonds is 3. The number of ether oxygens (including phenoxy) is 2. The van der Waals surface area contributed by atoms with Gasteiger partial charge in [-0.2, -0.15) is 10.2 Å². The van der Waals surface area contributed by atoms with Crippen LogP contribution in [-0.4, -0.2) is 17.1 Å². The molecule has 19 heavy (non-hydrogen) atoms. The number of nitrogen functional groups attached to an aromatic ring is 1. The molecule has 1 heterocycles. The van der Waals surface area contributed by atoms with E-state index in [1.165, 1.54) is 19.4 Å². The number of nitrogens with two attached hydrogens (primary N) is 1. The van der Waals surface area contributed by atoms with Crippen molar-refractivity contribution in [3.63, 3.8) is 0 Å². The zero-order chi connectivity index (χ0) is 13.8. The maximum Gasteiger partial charge on any atom is 0.319 e. The molecule has 6 nitrogen and oxygen atoms in total. The molecule has 0 saturated heterocycles. The Hall–Kier alpha value is -2.52. The number of aromatic nitrogens is 2. The fraction of sp³-hybridized carbons (Fsp3) is 0.0833. The van der Waals surface area contributed by atoms with Gasteiger partial charge in [0.2, 0.25) is 5.88 Å². The number of benzene rings is 1. The van der Waals surface area contributed by atoms with Crippen LogP contribution in [0.5, 0.6) is 17.6 Å². The van der Waals surface area contributed by atoms with Crippen LogP contribution < -0.4 is 15.2 Å². The molecule has 0 saturated carbocycles. The first kappa shape index (κ1) is 12.9. The van der Waals surface area contributed by atoms with E-state index in [9.17, 15) is 0 Å². The molecule has 7 heteroatoms. The molecule has 96 valence electrons. The topological polar surface area (TPSA) is 94.0 Å². The van der Waals surface area contributed by atoms with E-state index in [1.54, 1.807) is 12.1 Å². The first-order chi connectivity index (χ1) is 9.13. The van der Waals surface area contributed by atoms with Crippen LogP contribution in [0.3, 0.4) is 0 Å². The summed E-state index contributed by atoms with van der Waals surface area (Å²) in [5.74, 6) is 0.411. The van der Waals surface area contributed by atoms with Crippen molar-refractivity contribution in [2.45, 2.75) is 0 Å². The molecule has 2 rings (SSSR count). The average molecular weight is 277 g/mol. The Labute approximate surface area is 114 Å². The van der Waals surface area contributed by atoms with Gasteiger partial charge in [-0.25, -0.2) is 4.98 Å². The number of methoxy groups -OCH3 is 1. The summed E-state index contributed by atoms with van der Waals surface area (Å²) in [5.41, 5.74) is 6.35. The highest BCUT2D eigenvalue weighted by Gasteiger charge is 2.11. The summed E-state index contributed by atoms with van der Waals surface area (Å²) in [6.07, 6.45) is 1.35. The quantitative estimate of drug-likeness (QED) is 0.865. The van der Waals surface area contributed by atoms with Gasteiger partial charge < -0.3 is 15.2 Å². The van der Waals surface area contributed by atoms with E-state index in [1.807, 2.05) is 6.07 Å². The van der Waals surface area contributed by atoms with Crippen molar-refractivity contribution < 1.29 is 9.47 Å². The molecule has 0 aliphatic rings. The lowest BCUT2D eigenvalue weighted by atomic mass is 10.2. The molecule has 2 N–H and O–H groups in total. The lowest BCUT2D eigenvalue weighted by molar-refractivity contribution is 0.366. The van der Waals surface area contributed by atoms with Crippen LogP contribution in [-0.2, 0) is 0 Å². The first-order valence-corrected chi connectivity index (χ1v) is 5.56. The Bertz CT molecular complexity index is 655. The normalized spacial score (nSPS) is 9.74. The summed E-state index contributed by atoms with van der Waals surface area (Å²) in [6, 6.07) is 6.78. The van der Waals surface area contributed by atoms with Crippen LogP contribution in [0.2, 0.25) is 5.02 Å². The molecular formula is C12H9ClN4O2. The van der Waals surface area contributed by atoms with Crippen LogP contribution in [0, 0.1) is 11.3 Å². The largest absolute Gasteiger partial charge is 0.467 e. The Morgan fingerprint density at radius 2 is 2.21 bits per heavy atom. The first-order valence-electron chi connectivity index (χ1n) is 5.18. The maximum atomic E-state index is 9.01. The predicted octanol–water partition coefficient (Wildman–Crippen LogP) is 2.38. The summed E-state index contributed by atoms with van der Waals surface area (Å²) in [4.78, 5) is 7.78. The van der Waals surface area contributed by atoms with Crippen molar-refractivity contribution >= 4 is 17.3 Å². The number of halogens is 1. The molecule has 0 atom stereocenters.